The summed E-state index contributed by atoms with van der Waals surface area (Å²) < 4.78 is 6.43. The van der Waals surface area contributed by atoms with E-state index in [9.17, 15) is 0 Å². The number of hydrogen-bond acceptors (Lipinski definition) is 3. The maximum Gasteiger partial charge on any atom is 0.119 e. The highest BCUT2D eigenvalue weighted by Crippen LogP contribution is 2.37. The smallest absolute Gasteiger partial charge is 0.119 e. The third-order valence-corrected chi connectivity index (χ3v) is 4.66. The lowest BCUT2D eigenvalue weighted by Crippen LogP contribution is -2.33. The Hall–Kier alpha value is -0.580. The average molecular weight is 327 g/mol. The standard InChI is InChI=1S/C15H23BrN2O/c1-15(2)6-7-18(10-15)14(9-17)12-8-11(19-3)4-5-13(12)16/h4-5,8,14H,6-7,9-10,17H2,1-3H3. The molecule has 1 aliphatic heterocycles. The van der Waals surface area contributed by atoms with Crippen LogP contribution in [0.4, 0.5) is 0 Å². The first kappa shape index (κ1) is 14.8. The highest BCUT2D eigenvalue weighted by Gasteiger charge is 2.34. The average Bonchev–Trinajstić information content (AvgIpc) is 2.73. The lowest BCUT2D eigenvalue weighted by molar-refractivity contribution is 0.222. The van der Waals surface area contributed by atoms with E-state index in [0.717, 1.165) is 23.3 Å². The molecular weight excluding hydrogens is 304 g/mol. The van der Waals surface area contributed by atoms with Crippen LogP contribution >= 0.6 is 15.9 Å². The van der Waals surface area contributed by atoms with Crippen molar-refractivity contribution in [2.24, 2.45) is 11.1 Å². The van der Waals surface area contributed by atoms with Gasteiger partial charge >= 0.3 is 0 Å². The van der Waals surface area contributed by atoms with Crippen LogP contribution in [-0.2, 0) is 0 Å². The molecule has 2 N–H and O–H groups in total. The maximum atomic E-state index is 6.03. The van der Waals surface area contributed by atoms with Gasteiger partial charge in [0.1, 0.15) is 5.75 Å². The van der Waals surface area contributed by atoms with Gasteiger partial charge in [0.15, 0.2) is 0 Å². The number of likely N-dealkylation sites (tertiary alicyclic amines) is 1. The van der Waals surface area contributed by atoms with E-state index in [1.54, 1.807) is 7.11 Å². The molecule has 1 aromatic rings. The van der Waals surface area contributed by atoms with E-state index in [1.807, 2.05) is 12.1 Å². The first-order valence-electron chi connectivity index (χ1n) is 6.74. The van der Waals surface area contributed by atoms with Crippen molar-refractivity contribution in [3.05, 3.63) is 28.2 Å². The summed E-state index contributed by atoms with van der Waals surface area (Å²) in [5.41, 5.74) is 7.64. The number of hydrogen-bond donors (Lipinski definition) is 1. The summed E-state index contributed by atoms with van der Waals surface area (Å²) in [6.07, 6.45) is 1.23. The maximum absolute atomic E-state index is 6.03. The Bertz CT molecular complexity index is 448. The molecule has 1 aliphatic rings. The van der Waals surface area contributed by atoms with Gasteiger partial charge < -0.3 is 10.5 Å². The molecule has 1 saturated heterocycles. The molecule has 1 atom stereocenters. The van der Waals surface area contributed by atoms with Crippen molar-refractivity contribution in [1.82, 2.24) is 4.90 Å². The summed E-state index contributed by atoms with van der Waals surface area (Å²) in [7, 11) is 1.70. The van der Waals surface area contributed by atoms with Gasteiger partial charge in [-0.25, -0.2) is 0 Å². The van der Waals surface area contributed by atoms with Gasteiger partial charge in [-0.15, -0.1) is 0 Å². The van der Waals surface area contributed by atoms with E-state index in [-0.39, 0.29) is 6.04 Å². The molecule has 106 valence electrons. The largest absolute Gasteiger partial charge is 0.497 e. The molecule has 0 spiro atoms. The fraction of sp³-hybridized carbons (Fsp3) is 0.600. The first-order chi connectivity index (χ1) is 8.96. The SMILES string of the molecule is COc1ccc(Br)c(C(CN)N2CCC(C)(C)C2)c1. The van der Waals surface area contributed by atoms with Gasteiger partial charge in [-0.1, -0.05) is 29.8 Å². The third kappa shape index (κ3) is 3.30. The van der Waals surface area contributed by atoms with Crippen LogP contribution < -0.4 is 10.5 Å². The predicted octanol–water partition coefficient (Wildman–Crippen LogP) is 3.19. The molecule has 3 nitrogen and oxygen atoms in total. The van der Waals surface area contributed by atoms with Crippen molar-refractivity contribution in [2.45, 2.75) is 26.3 Å². The van der Waals surface area contributed by atoms with Gasteiger partial charge in [-0.3, -0.25) is 4.90 Å². The molecule has 1 fully saturated rings. The normalized spacial score (nSPS) is 20.5. The fourth-order valence-corrected chi connectivity index (χ4v) is 3.31. The zero-order valence-corrected chi connectivity index (χ0v) is 13.5. The number of benzene rings is 1. The topological polar surface area (TPSA) is 38.5 Å². The minimum atomic E-state index is 0.256. The van der Waals surface area contributed by atoms with E-state index in [1.165, 1.54) is 12.0 Å². The molecular formula is C15H23BrN2O. The van der Waals surface area contributed by atoms with Crippen LogP contribution in [0.25, 0.3) is 0 Å². The summed E-state index contributed by atoms with van der Waals surface area (Å²) in [6.45, 7) is 7.47. The van der Waals surface area contributed by atoms with Crippen LogP contribution in [0, 0.1) is 5.41 Å². The van der Waals surface area contributed by atoms with Crippen molar-refractivity contribution in [2.75, 3.05) is 26.7 Å². The van der Waals surface area contributed by atoms with Gasteiger partial charge in [0.25, 0.3) is 0 Å². The van der Waals surface area contributed by atoms with E-state index < -0.39 is 0 Å². The van der Waals surface area contributed by atoms with Gasteiger partial charge in [0, 0.05) is 23.6 Å². The molecule has 0 aromatic heterocycles. The van der Waals surface area contributed by atoms with Gasteiger partial charge in [0.2, 0.25) is 0 Å². The Morgan fingerprint density at radius 2 is 2.21 bits per heavy atom. The predicted molar refractivity (Wildman–Crippen MR) is 82.5 cm³/mol. The zero-order valence-electron chi connectivity index (χ0n) is 11.9. The van der Waals surface area contributed by atoms with E-state index in [2.05, 4.69) is 40.7 Å². The molecule has 1 unspecified atom stereocenters. The Kier molecular flexibility index (Phi) is 4.54. The Morgan fingerprint density at radius 1 is 1.47 bits per heavy atom. The number of rotatable bonds is 4. The van der Waals surface area contributed by atoms with E-state index >= 15 is 0 Å². The number of nitrogens with two attached hydrogens (primary N) is 1. The minimum absolute atomic E-state index is 0.256. The Labute approximate surface area is 124 Å². The summed E-state index contributed by atoms with van der Waals surface area (Å²) in [5, 5.41) is 0. The molecule has 19 heavy (non-hydrogen) atoms. The lowest BCUT2D eigenvalue weighted by atomic mass is 9.93. The van der Waals surface area contributed by atoms with Crippen LogP contribution in [0.5, 0.6) is 5.75 Å². The molecule has 0 amide bonds. The number of methoxy groups -OCH3 is 1. The third-order valence-electron chi connectivity index (χ3n) is 3.93. The summed E-state index contributed by atoms with van der Waals surface area (Å²) in [4.78, 5) is 2.49. The summed E-state index contributed by atoms with van der Waals surface area (Å²) >= 11 is 3.64. The highest BCUT2D eigenvalue weighted by molar-refractivity contribution is 9.10. The summed E-state index contributed by atoms with van der Waals surface area (Å²) in [6, 6.07) is 6.35. The van der Waals surface area contributed by atoms with Crippen LogP contribution in [0.2, 0.25) is 0 Å². The van der Waals surface area contributed by atoms with Crippen LogP contribution in [-0.4, -0.2) is 31.6 Å². The monoisotopic (exact) mass is 326 g/mol. The van der Waals surface area contributed by atoms with Gasteiger partial charge in [-0.2, -0.15) is 0 Å². The first-order valence-corrected chi connectivity index (χ1v) is 7.54. The summed E-state index contributed by atoms with van der Waals surface area (Å²) in [5.74, 6) is 0.884. The highest BCUT2D eigenvalue weighted by atomic mass is 79.9. The molecule has 1 aromatic carbocycles. The molecule has 4 heteroatoms. The molecule has 2 rings (SSSR count). The Morgan fingerprint density at radius 3 is 2.74 bits per heavy atom. The molecule has 0 bridgehead atoms. The second-order valence-corrected chi connectivity index (χ2v) is 6.88. The lowest BCUT2D eigenvalue weighted by Gasteiger charge is -2.29. The quantitative estimate of drug-likeness (QED) is 0.923. The van der Waals surface area contributed by atoms with E-state index in [0.29, 0.717) is 12.0 Å². The molecule has 1 heterocycles. The zero-order chi connectivity index (χ0) is 14.0. The second kappa shape index (κ2) is 5.81. The molecule has 0 aliphatic carbocycles. The van der Waals surface area contributed by atoms with Crippen LogP contribution in [0.1, 0.15) is 31.9 Å². The van der Waals surface area contributed by atoms with Crippen molar-refractivity contribution < 1.29 is 4.74 Å². The Balaban J connectivity index is 2.27. The van der Waals surface area contributed by atoms with Crippen molar-refractivity contribution in [3.63, 3.8) is 0 Å². The second-order valence-electron chi connectivity index (χ2n) is 6.02. The van der Waals surface area contributed by atoms with Gasteiger partial charge in [-0.05, 0) is 42.1 Å². The van der Waals surface area contributed by atoms with E-state index in [4.69, 9.17) is 10.5 Å². The molecule has 0 radical (unpaired) electrons. The number of halogens is 1. The van der Waals surface area contributed by atoms with Crippen LogP contribution in [0.15, 0.2) is 22.7 Å². The minimum Gasteiger partial charge on any atom is -0.497 e. The van der Waals surface area contributed by atoms with Crippen molar-refractivity contribution in [1.29, 1.82) is 0 Å². The van der Waals surface area contributed by atoms with Crippen molar-refractivity contribution in [3.8, 4) is 5.75 Å². The number of ether oxygens (including phenoxy) is 1. The fourth-order valence-electron chi connectivity index (χ4n) is 2.80. The number of nitrogens with zero attached hydrogens (tertiary/aromatic N) is 1. The van der Waals surface area contributed by atoms with Crippen LogP contribution in [0.3, 0.4) is 0 Å². The van der Waals surface area contributed by atoms with Crippen molar-refractivity contribution >= 4 is 15.9 Å². The van der Waals surface area contributed by atoms with Gasteiger partial charge in [0.05, 0.1) is 7.11 Å². The molecule has 0 saturated carbocycles.